The van der Waals surface area contributed by atoms with E-state index in [-0.39, 0.29) is 24.4 Å². The molecular weight excluding hydrogens is 422 g/mol. The van der Waals surface area contributed by atoms with Gasteiger partial charge in [-0.2, -0.15) is 5.06 Å². The van der Waals surface area contributed by atoms with Gasteiger partial charge in [0.1, 0.15) is 23.4 Å². The number of hydrogen-bond acceptors (Lipinski definition) is 7. The fraction of sp³-hybridized carbons (Fsp3) is 0.333. The Balaban J connectivity index is 1.73. The highest BCUT2D eigenvalue weighted by Crippen LogP contribution is 2.40. The maximum absolute atomic E-state index is 12.7. The average molecular weight is 445 g/mol. The first-order chi connectivity index (χ1) is 14.8. The van der Waals surface area contributed by atoms with Crippen molar-refractivity contribution < 1.29 is 29.5 Å². The van der Waals surface area contributed by atoms with E-state index in [1.54, 1.807) is 0 Å². The molecule has 0 aliphatic carbocycles. The molecular formula is C21H23N3O6S. The first-order valence-corrected chi connectivity index (χ1v) is 10.7. The number of allylic oxidation sites excluding steroid dienone is 1. The van der Waals surface area contributed by atoms with Crippen LogP contribution in [-0.4, -0.2) is 74.6 Å². The van der Waals surface area contributed by atoms with Gasteiger partial charge in [-0.15, -0.1) is 11.8 Å². The summed E-state index contributed by atoms with van der Waals surface area (Å²) in [6.45, 7) is 0. The Morgan fingerprint density at radius 3 is 2.68 bits per heavy atom. The van der Waals surface area contributed by atoms with Crippen molar-refractivity contribution in [2.45, 2.75) is 30.3 Å². The molecule has 1 fully saturated rings. The molecule has 1 aromatic rings. The van der Waals surface area contributed by atoms with Gasteiger partial charge in [0.05, 0.1) is 12.5 Å². The molecule has 0 radical (unpaired) electrons. The van der Waals surface area contributed by atoms with Gasteiger partial charge in [-0.05, 0) is 11.1 Å². The first-order valence-electron chi connectivity index (χ1n) is 9.61. The van der Waals surface area contributed by atoms with Crippen molar-refractivity contribution in [1.29, 1.82) is 0 Å². The number of likely N-dealkylation sites (N-methyl/N-ethyl adjacent to an activating group) is 1. The Morgan fingerprint density at radius 1 is 1.35 bits per heavy atom. The lowest BCUT2D eigenvalue weighted by Gasteiger charge is -2.49. The zero-order valence-corrected chi connectivity index (χ0v) is 17.6. The van der Waals surface area contributed by atoms with E-state index in [1.807, 2.05) is 30.3 Å². The van der Waals surface area contributed by atoms with Gasteiger partial charge >= 0.3 is 5.97 Å². The maximum Gasteiger partial charge on any atom is 0.352 e. The van der Waals surface area contributed by atoms with E-state index < -0.39 is 29.3 Å². The summed E-state index contributed by atoms with van der Waals surface area (Å²) in [7, 11) is 1.39. The van der Waals surface area contributed by atoms with Gasteiger partial charge in [0.15, 0.2) is 0 Å². The first kappa shape index (κ1) is 22.7. The minimum Gasteiger partial charge on any atom is -0.477 e. The van der Waals surface area contributed by atoms with Crippen LogP contribution in [0.5, 0.6) is 0 Å². The Labute approximate surface area is 183 Å². The number of nitrogens with zero attached hydrogens (tertiary/aromatic N) is 2. The molecule has 3 atom stereocenters. The number of hydroxylamine groups is 2. The van der Waals surface area contributed by atoms with Crippen LogP contribution < -0.4 is 5.32 Å². The lowest BCUT2D eigenvalue weighted by molar-refractivity contribution is -0.150. The van der Waals surface area contributed by atoms with Gasteiger partial charge in [-0.1, -0.05) is 42.5 Å². The van der Waals surface area contributed by atoms with E-state index in [1.165, 1.54) is 35.9 Å². The molecule has 2 aliphatic heterocycles. The molecule has 0 saturated carbocycles. The van der Waals surface area contributed by atoms with Crippen LogP contribution in [0.25, 0.3) is 0 Å². The second kappa shape index (κ2) is 9.90. The number of β-lactam (4-membered cyclic amide) rings is 1. The number of carboxylic acid groups (broad SMARTS) is 1. The van der Waals surface area contributed by atoms with Gasteiger partial charge in [0.2, 0.25) is 5.91 Å². The van der Waals surface area contributed by atoms with E-state index >= 15 is 0 Å². The summed E-state index contributed by atoms with van der Waals surface area (Å²) >= 11 is 1.35. The number of nitrogens with one attached hydrogen (secondary N) is 1. The summed E-state index contributed by atoms with van der Waals surface area (Å²) in [5.74, 6) is -1.73. The van der Waals surface area contributed by atoms with Crippen molar-refractivity contribution in [3.63, 3.8) is 0 Å². The maximum atomic E-state index is 12.7. The Morgan fingerprint density at radius 2 is 2.06 bits per heavy atom. The highest BCUT2D eigenvalue weighted by molar-refractivity contribution is 8.00. The van der Waals surface area contributed by atoms with Crippen molar-refractivity contribution in [2.75, 3.05) is 12.8 Å². The Hall–Kier alpha value is -2.95. The Bertz CT molecular complexity index is 930. The van der Waals surface area contributed by atoms with Gasteiger partial charge in [-0.3, -0.25) is 14.5 Å². The number of carbonyl (C=O) groups excluding carboxylic acids is 3. The third-order valence-electron chi connectivity index (χ3n) is 5.06. The van der Waals surface area contributed by atoms with Crippen molar-refractivity contribution in [3.8, 4) is 0 Å². The van der Waals surface area contributed by atoms with Gasteiger partial charge in [0.25, 0.3) is 5.91 Å². The van der Waals surface area contributed by atoms with Crippen LogP contribution >= 0.6 is 11.8 Å². The molecule has 2 heterocycles. The summed E-state index contributed by atoms with van der Waals surface area (Å²) < 4.78 is 0. The van der Waals surface area contributed by atoms with E-state index in [0.717, 1.165) is 10.6 Å². The molecule has 3 unspecified atom stereocenters. The molecule has 31 heavy (non-hydrogen) atoms. The standard InChI is InChI=1S/C21H23N3O6S/c1-23(30)15(9-10-25)8-7-14-12-31-20-17(19(27)24(20)18(14)21(28)29)22-16(26)11-13-5-3-2-4-6-13/h2-8,10,15,17,20,30H,9,11-12H2,1H3,(H,22,26)(H,28,29)/b8-7+. The van der Waals surface area contributed by atoms with Crippen LogP contribution in [0.15, 0.2) is 53.8 Å². The number of thioether (sulfide) groups is 1. The number of hydrogen-bond donors (Lipinski definition) is 3. The summed E-state index contributed by atoms with van der Waals surface area (Å²) in [5.41, 5.74) is 1.06. The highest BCUT2D eigenvalue weighted by atomic mass is 32.2. The Kier molecular flexibility index (Phi) is 7.26. The van der Waals surface area contributed by atoms with Crippen molar-refractivity contribution >= 4 is 35.8 Å². The van der Waals surface area contributed by atoms with Crippen LogP contribution in [0.4, 0.5) is 0 Å². The second-order valence-electron chi connectivity index (χ2n) is 7.20. The zero-order chi connectivity index (χ0) is 22.5. The average Bonchev–Trinajstić information content (AvgIpc) is 2.74. The number of benzene rings is 1. The SMILES string of the molecule is CN(O)C(/C=C/C1=C(C(=O)O)N2C(=O)C(NC(=O)Cc3ccccc3)C2SC1)CC=O. The molecule has 3 rings (SSSR count). The number of carboxylic acids is 1. The minimum absolute atomic E-state index is 0.0348. The number of fused-ring (bicyclic) bond motifs is 1. The van der Waals surface area contributed by atoms with Gasteiger partial charge in [0, 0.05) is 19.2 Å². The molecule has 3 N–H and O–H groups in total. The minimum atomic E-state index is -1.25. The molecule has 1 saturated heterocycles. The molecule has 164 valence electrons. The summed E-state index contributed by atoms with van der Waals surface area (Å²) in [5, 5.41) is 22.4. The number of aliphatic carboxylic acids is 1. The van der Waals surface area contributed by atoms with Crippen molar-refractivity contribution in [1.82, 2.24) is 15.3 Å². The van der Waals surface area contributed by atoms with Crippen molar-refractivity contribution in [2.24, 2.45) is 0 Å². The quantitative estimate of drug-likeness (QED) is 0.289. The van der Waals surface area contributed by atoms with Gasteiger partial charge in [-0.25, -0.2) is 4.79 Å². The van der Waals surface area contributed by atoms with E-state index in [2.05, 4.69) is 5.32 Å². The molecule has 1 aromatic carbocycles. The van der Waals surface area contributed by atoms with Crippen molar-refractivity contribution in [3.05, 3.63) is 59.3 Å². The second-order valence-corrected chi connectivity index (χ2v) is 8.30. The molecule has 0 bridgehead atoms. The van der Waals surface area contributed by atoms with Crippen LogP contribution in [0, 0.1) is 0 Å². The lowest BCUT2D eigenvalue weighted by Crippen LogP contribution is -2.70. The molecule has 10 heteroatoms. The summed E-state index contributed by atoms with van der Waals surface area (Å²) in [6, 6.07) is 7.72. The molecule has 0 spiro atoms. The van der Waals surface area contributed by atoms with Crippen LogP contribution in [0.2, 0.25) is 0 Å². The summed E-state index contributed by atoms with van der Waals surface area (Å²) in [6.07, 6.45) is 3.86. The number of amides is 2. The predicted octanol–water partition coefficient (Wildman–Crippen LogP) is 0.803. The van der Waals surface area contributed by atoms with Gasteiger partial charge < -0.3 is 20.4 Å². The summed E-state index contributed by atoms with van der Waals surface area (Å²) in [4.78, 5) is 48.8. The fourth-order valence-electron chi connectivity index (χ4n) is 3.46. The monoisotopic (exact) mass is 445 g/mol. The molecule has 2 aliphatic rings. The van der Waals surface area contributed by atoms with E-state index in [9.17, 15) is 29.5 Å². The van der Waals surface area contributed by atoms with E-state index in [4.69, 9.17) is 0 Å². The molecule has 9 nitrogen and oxygen atoms in total. The largest absolute Gasteiger partial charge is 0.477 e. The number of aldehydes is 1. The molecule has 2 amide bonds. The third-order valence-corrected chi connectivity index (χ3v) is 6.36. The highest BCUT2D eigenvalue weighted by Gasteiger charge is 2.53. The third kappa shape index (κ3) is 5.04. The number of rotatable bonds is 9. The van der Waals surface area contributed by atoms with Crippen LogP contribution in [-0.2, 0) is 25.6 Å². The predicted molar refractivity (Wildman–Crippen MR) is 113 cm³/mol. The fourth-order valence-corrected chi connectivity index (χ4v) is 4.78. The lowest BCUT2D eigenvalue weighted by atomic mass is 10.0. The van der Waals surface area contributed by atoms with Crippen LogP contribution in [0.3, 0.4) is 0 Å². The smallest absolute Gasteiger partial charge is 0.352 e. The van der Waals surface area contributed by atoms with Crippen LogP contribution in [0.1, 0.15) is 12.0 Å². The van der Waals surface area contributed by atoms with E-state index in [0.29, 0.717) is 17.6 Å². The topological polar surface area (TPSA) is 127 Å². The normalized spacial score (nSPS) is 21.6. The zero-order valence-electron chi connectivity index (χ0n) is 16.8. The molecule has 0 aromatic heterocycles. The number of carbonyl (C=O) groups is 4.